The molecule has 0 aliphatic carbocycles. The van der Waals surface area contributed by atoms with Gasteiger partial charge in [-0.3, -0.25) is 9.59 Å². The smallest absolute Gasteiger partial charge is 0.323 e. The van der Waals surface area contributed by atoms with Gasteiger partial charge in [-0.05, 0) is 12.1 Å². The van der Waals surface area contributed by atoms with Gasteiger partial charge >= 0.3 is 5.69 Å². The van der Waals surface area contributed by atoms with Crippen molar-refractivity contribution >= 4 is 17.5 Å². The van der Waals surface area contributed by atoms with Crippen LogP contribution < -0.4 is 22.1 Å². The normalized spacial score (nSPS) is 10.1. The fourth-order valence-corrected chi connectivity index (χ4v) is 1.72. The first kappa shape index (κ1) is 14.5. The summed E-state index contributed by atoms with van der Waals surface area (Å²) in [6.45, 7) is 0.664. The van der Waals surface area contributed by atoms with E-state index in [2.05, 4.69) is 20.6 Å². The Kier molecular flexibility index (Phi) is 4.52. The molecule has 0 spiro atoms. The van der Waals surface area contributed by atoms with Crippen LogP contribution in [0, 0.1) is 0 Å². The zero-order valence-corrected chi connectivity index (χ0v) is 11.1. The van der Waals surface area contributed by atoms with Crippen molar-refractivity contribution < 1.29 is 9.59 Å². The molecule has 0 aliphatic heterocycles. The fourth-order valence-electron chi connectivity index (χ4n) is 1.72. The highest BCUT2D eigenvalue weighted by molar-refractivity contribution is 6.08. The van der Waals surface area contributed by atoms with E-state index >= 15 is 0 Å². The highest BCUT2D eigenvalue weighted by Gasteiger charge is 2.14. The van der Waals surface area contributed by atoms with Crippen LogP contribution in [0.25, 0.3) is 0 Å². The predicted molar refractivity (Wildman–Crippen MR) is 77.2 cm³/mol. The Morgan fingerprint density at radius 2 is 1.95 bits per heavy atom. The summed E-state index contributed by atoms with van der Waals surface area (Å²) < 4.78 is 0. The number of H-pyrrole nitrogens is 2. The Morgan fingerprint density at radius 3 is 2.62 bits per heavy atom. The zero-order valence-electron chi connectivity index (χ0n) is 11.1. The summed E-state index contributed by atoms with van der Waals surface area (Å²) in [5.74, 6) is -0.855. The number of carbonyl (C=O) groups is 2. The quantitative estimate of drug-likeness (QED) is 0.514. The lowest BCUT2D eigenvalue weighted by molar-refractivity contribution is 0.0955. The summed E-state index contributed by atoms with van der Waals surface area (Å²) in [5.41, 5.74) is 5.60. The molecule has 110 valence electrons. The van der Waals surface area contributed by atoms with E-state index < -0.39 is 11.6 Å². The number of nitrogens with one attached hydrogen (secondary N) is 4. The van der Waals surface area contributed by atoms with Crippen LogP contribution in [0.3, 0.4) is 0 Å². The molecule has 2 aromatic rings. The molecule has 8 nitrogen and oxygen atoms in total. The molecule has 2 rings (SSSR count). The zero-order chi connectivity index (χ0) is 15.2. The number of para-hydroxylation sites is 1. The maximum absolute atomic E-state index is 12.0. The van der Waals surface area contributed by atoms with Gasteiger partial charge < -0.3 is 26.3 Å². The van der Waals surface area contributed by atoms with Crippen molar-refractivity contribution in [3.63, 3.8) is 0 Å². The molecule has 1 aromatic heterocycles. The SMILES string of the molecule is NCCNC(=O)c1ccccc1NC(=O)c1c[nH]c(=O)[nH]1. The molecule has 0 radical (unpaired) electrons. The average molecular weight is 289 g/mol. The standard InChI is InChI=1S/C13H15N5O3/c14-5-6-15-11(19)8-3-1-2-4-9(8)17-12(20)10-7-16-13(21)18-10/h1-4,7H,5-6,14H2,(H,15,19)(H,17,20)(H2,16,18,21). The number of aromatic nitrogens is 2. The maximum Gasteiger partial charge on any atom is 0.323 e. The van der Waals surface area contributed by atoms with Crippen LogP contribution in [-0.2, 0) is 0 Å². The lowest BCUT2D eigenvalue weighted by Crippen LogP contribution is -2.30. The molecule has 6 N–H and O–H groups in total. The van der Waals surface area contributed by atoms with E-state index in [0.29, 0.717) is 24.3 Å². The number of hydrogen-bond donors (Lipinski definition) is 5. The topological polar surface area (TPSA) is 133 Å². The minimum atomic E-state index is -0.521. The van der Waals surface area contributed by atoms with Crippen LogP contribution in [0.2, 0.25) is 0 Å². The molecule has 0 saturated carbocycles. The summed E-state index contributed by atoms with van der Waals surface area (Å²) in [6, 6.07) is 6.56. The average Bonchev–Trinajstić information content (AvgIpc) is 2.92. The van der Waals surface area contributed by atoms with Crippen molar-refractivity contribution in [2.45, 2.75) is 0 Å². The number of amides is 2. The Morgan fingerprint density at radius 1 is 1.19 bits per heavy atom. The molecule has 1 aromatic carbocycles. The Bertz CT molecular complexity index is 704. The van der Waals surface area contributed by atoms with Crippen molar-refractivity contribution in [1.29, 1.82) is 0 Å². The maximum atomic E-state index is 12.0. The van der Waals surface area contributed by atoms with Gasteiger partial charge in [-0.25, -0.2) is 4.79 Å². The molecular formula is C13H15N5O3. The van der Waals surface area contributed by atoms with Crippen LogP contribution in [0.4, 0.5) is 5.69 Å². The number of benzene rings is 1. The largest absolute Gasteiger partial charge is 0.351 e. The molecule has 21 heavy (non-hydrogen) atoms. The summed E-state index contributed by atoms with van der Waals surface area (Å²) in [5, 5.41) is 5.20. The van der Waals surface area contributed by atoms with Gasteiger partial charge in [0.15, 0.2) is 0 Å². The Labute approximate surface area is 119 Å². The number of aromatic amines is 2. The lowest BCUT2D eigenvalue weighted by atomic mass is 10.1. The summed E-state index contributed by atoms with van der Waals surface area (Å²) >= 11 is 0. The van der Waals surface area contributed by atoms with Gasteiger partial charge in [0, 0.05) is 19.3 Å². The van der Waals surface area contributed by atoms with E-state index in [1.165, 1.54) is 6.20 Å². The monoisotopic (exact) mass is 289 g/mol. The molecule has 0 atom stereocenters. The molecule has 0 fully saturated rings. The highest BCUT2D eigenvalue weighted by Crippen LogP contribution is 2.15. The first-order chi connectivity index (χ1) is 10.1. The van der Waals surface area contributed by atoms with E-state index in [0.717, 1.165) is 0 Å². The minimum Gasteiger partial charge on any atom is -0.351 e. The lowest BCUT2D eigenvalue weighted by Gasteiger charge is -2.10. The molecular weight excluding hydrogens is 274 g/mol. The number of imidazole rings is 1. The van der Waals surface area contributed by atoms with Crippen molar-refractivity contribution in [2.24, 2.45) is 5.73 Å². The van der Waals surface area contributed by atoms with E-state index in [9.17, 15) is 14.4 Å². The van der Waals surface area contributed by atoms with Gasteiger partial charge in [-0.15, -0.1) is 0 Å². The van der Waals surface area contributed by atoms with E-state index in [1.54, 1.807) is 24.3 Å². The van der Waals surface area contributed by atoms with Gasteiger partial charge in [-0.2, -0.15) is 0 Å². The van der Waals surface area contributed by atoms with E-state index in [4.69, 9.17) is 5.73 Å². The Balaban J connectivity index is 2.18. The van der Waals surface area contributed by atoms with Gasteiger partial charge in [0.1, 0.15) is 5.69 Å². The molecule has 0 saturated heterocycles. The number of anilines is 1. The highest BCUT2D eigenvalue weighted by atomic mass is 16.2. The third kappa shape index (κ3) is 3.57. The molecule has 0 unspecified atom stereocenters. The number of hydrogen-bond acceptors (Lipinski definition) is 4. The number of carbonyl (C=O) groups excluding carboxylic acids is 2. The predicted octanol–water partition coefficient (Wildman–Crippen LogP) is -0.356. The second kappa shape index (κ2) is 6.53. The summed E-state index contributed by atoms with van der Waals surface area (Å²) in [7, 11) is 0. The van der Waals surface area contributed by atoms with E-state index in [1.807, 2.05) is 0 Å². The molecule has 1 heterocycles. The van der Waals surface area contributed by atoms with Gasteiger partial charge in [0.2, 0.25) is 0 Å². The van der Waals surface area contributed by atoms with Crippen LogP contribution in [-0.4, -0.2) is 34.9 Å². The molecule has 0 bridgehead atoms. The Hall–Kier alpha value is -2.87. The first-order valence-corrected chi connectivity index (χ1v) is 6.28. The van der Waals surface area contributed by atoms with Crippen molar-refractivity contribution in [2.75, 3.05) is 18.4 Å². The second-order valence-corrected chi connectivity index (χ2v) is 4.20. The molecule has 2 amide bonds. The van der Waals surface area contributed by atoms with Gasteiger partial charge in [0.05, 0.1) is 11.3 Å². The van der Waals surface area contributed by atoms with Crippen LogP contribution in [0.15, 0.2) is 35.3 Å². The van der Waals surface area contributed by atoms with Crippen LogP contribution in [0.1, 0.15) is 20.8 Å². The van der Waals surface area contributed by atoms with Crippen LogP contribution >= 0.6 is 0 Å². The van der Waals surface area contributed by atoms with Crippen molar-refractivity contribution in [1.82, 2.24) is 15.3 Å². The third-order valence-electron chi connectivity index (χ3n) is 2.69. The van der Waals surface area contributed by atoms with Crippen LogP contribution in [0.5, 0.6) is 0 Å². The molecule has 0 aliphatic rings. The molecule has 8 heteroatoms. The van der Waals surface area contributed by atoms with Crippen molar-refractivity contribution in [3.8, 4) is 0 Å². The second-order valence-electron chi connectivity index (χ2n) is 4.20. The summed E-state index contributed by atoms with van der Waals surface area (Å²) in [4.78, 5) is 39.6. The fraction of sp³-hybridized carbons (Fsp3) is 0.154. The first-order valence-electron chi connectivity index (χ1n) is 6.28. The van der Waals surface area contributed by atoms with Crippen molar-refractivity contribution in [3.05, 3.63) is 52.2 Å². The summed E-state index contributed by atoms with van der Waals surface area (Å²) in [6.07, 6.45) is 1.26. The third-order valence-corrected chi connectivity index (χ3v) is 2.69. The van der Waals surface area contributed by atoms with Gasteiger partial charge in [-0.1, -0.05) is 12.1 Å². The van der Waals surface area contributed by atoms with Gasteiger partial charge in [0.25, 0.3) is 11.8 Å². The minimum absolute atomic E-state index is 0.0807. The number of rotatable bonds is 5. The van der Waals surface area contributed by atoms with E-state index in [-0.39, 0.29) is 11.6 Å². The number of nitrogens with two attached hydrogens (primary N) is 1.